The van der Waals surface area contributed by atoms with Crippen LogP contribution in [0.4, 0.5) is 11.5 Å². The zero-order chi connectivity index (χ0) is 24.5. The maximum Gasteiger partial charge on any atom is 0.313 e. The molecule has 1 atom stereocenters. The van der Waals surface area contributed by atoms with E-state index in [4.69, 9.17) is 10.7 Å². The molecule has 3 aromatic rings. The summed E-state index contributed by atoms with van der Waals surface area (Å²) < 4.78 is 1.18. The number of rotatable bonds is 3. The van der Waals surface area contributed by atoms with Gasteiger partial charge in [-0.1, -0.05) is 6.07 Å². The van der Waals surface area contributed by atoms with E-state index in [0.29, 0.717) is 24.0 Å². The summed E-state index contributed by atoms with van der Waals surface area (Å²) in [7, 11) is 2.17. The molecule has 9 heteroatoms. The molecule has 0 radical (unpaired) electrons. The maximum atomic E-state index is 13.2. The third kappa shape index (κ3) is 5.01. The lowest BCUT2D eigenvalue weighted by molar-refractivity contribution is -0.145. The summed E-state index contributed by atoms with van der Waals surface area (Å²) in [6.45, 7) is 4.59. The van der Waals surface area contributed by atoms with Crippen molar-refractivity contribution in [3.8, 4) is 0 Å². The van der Waals surface area contributed by atoms with Gasteiger partial charge in [0.25, 0.3) is 0 Å². The first-order valence-electron chi connectivity index (χ1n) is 12.3. The van der Waals surface area contributed by atoms with Gasteiger partial charge in [-0.25, -0.2) is 9.97 Å². The van der Waals surface area contributed by atoms with Crippen molar-refractivity contribution in [3.63, 3.8) is 0 Å². The Bertz CT molecular complexity index is 1250. The predicted octanol–water partition coefficient (Wildman–Crippen LogP) is 4.08. The summed E-state index contributed by atoms with van der Waals surface area (Å²) in [6.07, 6.45) is 6.50. The summed E-state index contributed by atoms with van der Waals surface area (Å²) in [5.74, 6) is -0.242. The minimum atomic E-state index is -0.651. The lowest BCUT2D eigenvalue weighted by atomic mass is 9.94. The van der Waals surface area contributed by atoms with Crippen molar-refractivity contribution >= 4 is 44.9 Å². The van der Waals surface area contributed by atoms with Gasteiger partial charge in [-0.2, -0.15) is 0 Å². The number of piperidine rings is 2. The van der Waals surface area contributed by atoms with E-state index in [2.05, 4.69) is 40.4 Å². The second kappa shape index (κ2) is 9.91. The summed E-state index contributed by atoms with van der Waals surface area (Å²) in [4.78, 5) is 39.2. The topological polar surface area (TPSA) is 104 Å². The Hall–Kier alpha value is -3.04. The molecule has 2 saturated heterocycles. The van der Waals surface area contributed by atoms with Gasteiger partial charge < -0.3 is 20.9 Å². The van der Waals surface area contributed by atoms with E-state index in [1.165, 1.54) is 15.9 Å². The molecular formula is C26H32N6O2S. The molecule has 1 aromatic carbocycles. The van der Waals surface area contributed by atoms with Crippen LogP contribution in [0.15, 0.2) is 30.5 Å². The van der Waals surface area contributed by atoms with Crippen molar-refractivity contribution in [3.05, 3.63) is 46.6 Å². The van der Waals surface area contributed by atoms with Crippen LogP contribution in [0.25, 0.3) is 10.2 Å². The van der Waals surface area contributed by atoms with Crippen molar-refractivity contribution in [1.29, 1.82) is 0 Å². The number of aromatic nitrogens is 2. The predicted molar refractivity (Wildman–Crippen MR) is 139 cm³/mol. The Kier molecular flexibility index (Phi) is 6.71. The van der Waals surface area contributed by atoms with Gasteiger partial charge in [0.15, 0.2) is 0 Å². The highest BCUT2D eigenvalue weighted by atomic mass is 32.1. The first kappa shape index (κ1) is 23.7. The molecule has 2 aromatic heterocycles. The largest absolute Gasteiger partial charge is 0.383 e. The van der Waals surface area contributed by atoms with Crippen molar-refractivity contribution < 1.29 is 9.59 Å². The van der Waals surface area contributed by atoms with Crippen LogP contribution >= 0.6 is 11.3 Å². The Morgan fingerprint density at radius 3 is 2.69 bits per heavy atom. The number of hydrogen-bond donors (Lipinski definition) is 2. The number of hydrogen-bond acceptors (Lipinski definition) is 7. The van der Waals surface area contributed by atoms with Gasteiger partial charge in [0.05, 0.1) is 33.2 Å². The van der Waals surface area contributed by atoms with Crippen molar-refractivity contribution in [2.45, 2.75) is 51.0 Å². The molecule has 2 aliphatic rings. The number of pyridine rings is 1. The van der Waals surface area contributed by atoms with Crippen molar-refractivity contribution in [2.24, 2.45) is 0 Å². The average molecular weight is 493 g/mol. The Morgan fingerprint density at radius 1 is 1.11 bits per heavy atom. The smallest absolute Gasteiger partial charge is 0.313 e. The number of nitrogens with two attached hydrogens (primary N) is 1. The number of carbonyl (C=O) groups excluding carboxylic acids is 2. The van der Waals surface area contributed by atoms with Crippen LogP contribution in [0.5, 0.6) is 0 Å². The molecular weight excluding hydrogens is 460 g/mol. The highest BCUT2D eigenvalue weighted by molar-refractivity contribution is 7.18. The van der Waals surface area contributed by atoms with Crippen LogP contribution in [0.1, 0.15) is 60.2 Å². The zero-order valence-corrected chi connectivity index (χ0v) is 21.1. The summed E-state index contributed by atoms with van der Waals surface area (Å²) >= 11 is 1.79. The molecule has 0 saturated carbocycles. The van der Waals surface area contributed by atoms with Crippen LogP contribution in [-0.2, 0) is 9.59 Å². The highest BCUT2D eigenvalue weighted by Crippen LogP contribution is 2.37. The van der Waals surface area contributed by atoms with Gasteiger partial charge in [0.1, 0.15) is 5.82 Å². The lowest BCUT2D eigenvalue weighted by Gasteiger charge is -2.35. The number of carbonyl (C=O) groups is 2. The molecule has 3 N–H and O–H groups in total. The van der Waals surface area contributed by atoms with E-state index in [0.717, 1.165) is 61.8 Å². The number of anilines is 2. The van der Waals surface area contributed by atoms with Gasteiger partial charge in [-0.3, -0.25) is 9.59 Å². The van der Waals surface area contributed by atoms with E-state index >= 15 is 0 Å². The van der Waals surface area contributed by atoms with Crippen LogP contribution in [0, 0.1) is 6.92 Å². The van der Waals surface area contributed by atoms with Crippen molar-refractivity contribution in [1.82, 2.24) is 19.8 Å². The fourth-order valence-corrected chi connectivity index (χ4v) is 6.21. The minimum absolute atomic E-state index is 0.133. The third-order valence-electron chi connectivity index (χ3n) is 7.22. The molecule has 0 bridgehead atoms. The van der Waals surface area contributed by atoms with Gasteiger partial charge in [0.2, 0.25) is 0 Å². The second-order valence-electron chi connectivity index (χ2n) is 9.75. The molecule has 184 valence electrons. The summed E-state index contributed by atoms with van der Waals surface area (Å²) in [6, 6.07) is 7.93. The normalized spacial score (nSPS) is 19.7. The summed E-state index contributed by atoms with van der Waals surface area (Å²) in [5.41, 5.74) is 9.02. The number of fused-ring (bicyclic) bond motifs is 1. The molecule has 5 rings (SSSR count). The molecule has 8 nitrogen and oxygen atoms in total. The van der Waals surface area contributed by atoms with Crippen LogP contribution in [0.2, 0.25) is 0 Å². The Morgan fingerprint density at radius 2 is 1.91 bits per heavy atom. The third-order valence-corrected chi connectivity index (χ3v) is 8.41. The van der Waals surface area contributed by atoms with Crippen LogP contribution < -0.4 is 11.1 Å². The number of nitrogen functional groups attached to an aromatic ring is 1. The highest BCUT2D eigenvalue weighted by Gasteiger charge is 2.32. The number of nitrogens with zero attached hydrogens (tertiary/aromatic N) is 4. The molecule has 35 heavy (non-hydrogen) atoms. The number of nitrogens with one attached hydrogen (secondary N) is 1. The van der Waals surface area contributed by atoms with E-state index < -0.39 is 11.8 Å². The molecule has 2 amide bonds. The number of benzene rings is 1. The van der Waals surface area contributed by atoms with Gasteiger partial charge in [-0.05, 0) is 88.5 Å². The average Bonchev–Trinajstić information content (AvgIpc) is 3.29. The quantitative estimate of drug-likeness (QED) is 0.534. The molecule has 0 spiro atoms. The van der Waals surface area contributed by atoms with E-state index in [1.807, 2.05) is 6.92 Å². The molecule has 0 aliphatic carbocycles. The minimum Gasteiger partial charge on any atom is -0.383 e. The molecule has 0 unspecified atom stereocenters. The Balaban J connectivity index is 1.34. The lowest BCUT2D eigenvalue weighted by Crippen LogP contribution is -2.44. The van der Waals surface area contributed by atoms with Gasteiger partial charge >= 0.3 is 11.8 Å². The first-order chi connectivity index (χ1) is 16.9. The van der Waals surface area contributed by atoms with E-state index in [1.54, 1.807) is 22.3 Å². The fraction of sp³-hybridized carbons (Fsp3) is 0.462. The summed E-state index contributed by atoms with van der Waals surface area (Å²) in [5, 5.41) is 3.91. The number of amides is 2. The van der Waals surface area contributed by atoms with E-state index in [9.17, 15) is 9.59 Å². The number of likely N-dealkylation sites (tertiary alicyclic amines) is 2. The SMILES string of the molecule is Cc1cc(NC(=O)C(=O)N2CCCC[C@H]2c2ccc3sc(C4CCN(C)CC4)nc3c2)cnc1N. The standard InChI is InChI=1S/C26H32N6O2S/c1-16-13-19(15-28-23(16)27)29-24(33)26(34)32-10-4-3-5-21(32)18-6-7-22-20(14-18)30-25(35-22)17-8-11-31(2)12-9-17/h6-7,13-15,17,21H,3-5,8-12H2,1-2H3,(H2,27,28)(H,29,33)/t21-/m0/s1. The fourth-order valence-electron chi connectivity index (χ4n) is 5.09. The number of aryl methyl sites for hydroxylation is 1. The van der Waals surface area contributed by atoms with Gasteiger partial charge in [-0.15, -0.1) is 11.3 Å². The zero-order valence-electron chi connectivity index (χ0n) is 20.3. The van der Waals surface area contributed by atoms with Crippen LogP contribution in [-0.4, -0.2) is 58.3 Å². The Labute approximate surface area is 209 Å². The van der Waals surface area contributed by atoms with Gasteiger partial charge in [0, 0.05) is 12.5 Å². The molecule has 2 fully saturated rings. The van der Waals surface area contributed by atoms with Crippen molar-refractivity contribution in [2.75, 3.05) is 37.7 Å². The molecule has 2 aliphatic heterocycles. The van der Waals surface area contributed by atoms with Crippen LogP contribution in [0.3, 0.4) is 0 Å². The van der Waals surface area contributed by atoms with E-state index in [-0.39, 0.29) is 6.04 Å². The first-order valence-corrected chi connectivity index (χ1v) is 13.1. The number of thiazole rings is 1. The monoisotopic (exact) mass is 492 g/mol. The second-order valence-corrected chi connectivity index (χ2v) is 10.8. The maximum absolute atomic E-state index is 13.2. The molecule has 4 heterocycles.